The van der Waals surface area contributed by atoms with E-state index in [1.54, 1.807) is 24.5 Å². The fraction of sp³-hybridized carbons (Fsp3) is 0.0909. The van der Waals surface area contributed by atoms with E-state index in [4.69, 9.17) is 4.74 Å². The van der Waals surface area contributed by atoms with Gasteiger partial charge in [0.2, 0.25) is 5.13 Å². The van der Waals surface area contributed by atoms with Crippen LogP contribution in [0.25, 0.3) is 0 Å². The number of phenolic OH excluding ortho intramolecular Hbond substituents is 1. The molecule has 0 saturated heterocycles. The number of hydrazone groups is 1. The van der Waals surface area contributed by atoms with Crippen molar-refractivity contribution in [3.63, 3.8) is 0 Å². The summed E-state index contributed by atoms with van der Waals surface area (Å²) in [6.45, 7) is 0. The first-order chi connectivity index (χ1) is 8.70. The first kappa shape index (κ1) is 12.8. The Morgan fingerprint density at radius 1 is 1.56 bits per heavy atom. The predicted octanol–water partition coefficient (Wildman–Crippen LogP) is 3.07. The number of anilines is 1. The van der Waals surface area contributed by atoms with E-state index in [1.165, 1.54) is 18.4 Å². The quantitative estimate of drug-likeness (QED) is 0.669. The third-order valence-corrected chi connectivity index (χ3v) is 3.36. The molecule has 0 atom stereocenters. The summed E-state index contributed by atoms with van der Waals surface area (Å²) in [4.78, 5) is 4.03. The molecule has 0 aliphatic carbocycles. The van der Waals surface area contributed by atoms with E-state index in [9.17, 15) is 5.11 Å². The molecule has 7 heteroatoms. The zero-order valence-electron chi connectivity index (χ0n) is 9.42. The average molecular weight is 328 g/mol. The van der Waals surface area contributed by atoms with Gasteiger partial charge >= 0.3 is 0 Å². The van der Waals surface area contributed by atoms with Crippen LogP contribution in [-0.4, -0.2) is 23.4 Å². The number of hydrogen-bond donors (Lipinski definition) is 2. The van der Waals surface area contributed by atoms with Gasteiger partial charge in [0.15, 0.2) is 11.5 Å². The molecule has 5 nitrogen and oxygen atoms in total. The lowest BCUT2D eigenvalue weighted by atomic mass is 10.2. The second-order valence-corrected chi connectivity index (χ2v) is 5.01. The summed E-state index contributed by atoms with van der Waals surface area (Å²) >= 11 is 4.71. The van der Waals surface area contributed by atoms with Crippen LogP contribution in [0.3, 0.4) is 0 Å². The molecule has 0 aliphatic rings. The van der Waals surface area contributed by atoms with E-state index in [-0.39, 0.29) is 5.75 Å². The van der Waals surface area contributed by atoms with Gasteiger partial charge < -0.3 is 9.84 Å². The van der Waals surface area contributed by atoms with Crippen molar-refractivity contribution in [2.75, 3.05) is 12.5 Å². The number of benzene rings is 1. The van der Waals surface area contributed by atoms with Crippen LogP contribution < -0.4 is 10.2 Å². The van der Waals surface area contributed by atoms with E-state index in [0.717, 1.165) is 10.7 Å². The van der Waals surface area contributed by atoms with Gasteiger partial charge in [0.05, 0.1) is 17.8 Å². The Hall–Kier alpha value is -1.60. The molecule has 0 spiro atoms. The number of nitrogens with zero attached hydrogens (tertiary/aromatic N) is 2. The first-order valence-electron chi connectivity index (χ1n) is 4.96. The highest BCUT2D eigenvalue weighted by Crippen LogP contribution is 2.34. The lowest BCUT2D eigenvalue weighted by Crippen LogP contribution is -1.92. The Kier molecular flexibility index (Phi) is 4.16. The summed E-state index contributed by atoms with van der Waals surface area (Å²) < 4.78 is 5.60. The molecule has 1 aromatic heterocycles. The molecule has 0 fully saturated rings. The van der Waals surface area contributed by atoms with Crippen LogP contribution in [0.4, 0.5) is 5.13 Å². The van der Waals surface area contributed by atoms with Crippen molar-refractivity contribution >= 4 is 38.6 Å². The molecule has 2 N–H and O–H groups in total. The van der Waals surface area contributed by atoms with Gasteiger partial charge in [0.25, 0.3) is 0 Å². The summed E-state index contributed by atoms with van der Waals surface area (Å²) in [7, 11) is 1.50. The van der Waals surface area contributed by atoms with Crippen LogP contribution >= 0.6 is 27.3 Å². The van der Waals surface area contributed by atoms with Crippen molar-refractivity contribution in [1.29, 1.82) is 0 Å². The maximum atomic E-state index is 9.66. The lowest BCUT2D eigenvalue weighted by Gasteiger charge is -2.06. The minimum atomic E-state index is 0.0718. The number of rotatable bonds is 4. The minimum absolute atomic E-state index is 0.0718. The Balaban J connectivity index is 2.14. The molecular formula is C11H10BrN3O2S. The zero-order valence-corrected chi connectivity index (χ0v) is 11.8. The van der Waals surface area contributed by atoms with Gasteiger partial charge in [-0.2, -0.15) is 5.10 Å². The van der Waals surface area contributed by atoms with Crippen molar-refractivity contribution in [2.24, 2.45) is 5.10 Å². The van der Waals surface area contributed by atoms with Crippen LogP contribution in [0.2, 0.25) is 0 Å². The molecule has 0 saturated carbocycles. The van der Waals surface area contributed by atoms with E-state index < -0.39 is 0 Å². The van der Waals surface area contributed by atoms with Crippen LogP contribution in [-0.2, 0) is 0 Å². The Morgan fingerprint density at radius 3 is 3.06 bits per heavy atom. The smallest absolute Gasteiger partial charge is 0.203 e. The number of hydrogen-bond acceptors (Lipinski definition) is 6. The largest absolute Gasteiger partial charge is 0.503 e. The van der Waals surface area contributed by atoms with Gasteiger partial charge in [0.1, 0.15) is 0 Å². The summed E-state index contributed by atoms with van der Waals surface area (Å²) in [6, 6.07) is 3.43. The molecule has 1 aromatic carbocycles. The minimum Gasteiger partial charge on any atom is -0.503 e. The van der Waals surface area contributed by atoms with Crippen LogP contribution in [0.1, 0.15) is 5.56 Å². The Labute approximate surface area is 116 Å². The van der Waals surface area contributed by atoms with Gasteiger partial charge in [-0.1, -0.05) is 0 Å². The van der Waals surface area contributed by atoms with Gasteiger partial charge in [-0.3, -0.25) is 5.43 Å². The molecule has 0 aliphatic heterocycles. The highest BCUT2D eigenvalue weighted by atomic mass is 79.9. The number of aromatic nitrogens is 1. The standard InChI is InChI=1S/C11H10BrN3O2S/c1-17-9-5-7(4-8(12)10(9)16)6-14-15-11-13-2-3-18-11/h2-6,16H,1H3,(H,13,15). The van der Waals surface area contributed by atoms with Crippen LogP contribution in [0.5, 0.6) is 11.5 Å². The second-order valence-electron chi connectivity index (χ2n) is 3.26. The second kappa shape index (κ2) is 5.83. The lowest BCUT2D eigenvalue weighted by molar-refractivity contribution is 0.372. The Bertz CT molecular complexity index is 558. The number of methoxy groups -OCH3 is 1. The molecule has 0 radical (unpaired) electrons. The molecule has 2 rings (SSSR count). The molecule has 0 unspecified atom stereocenters. The van der Waals surface area contributed by atoms with Crippen LogP contribution in [0, 0.1) is 0 Å². The molecule has 1 heterocycles. The monoisotopic (exact) mass is 327 g/mol. The van der Waals surface area contributed by atoms with Crippen molar-refractivity contribution in [2.45, 2.75) is 0 Å². The summed E-state index contributed by atoms with van der Waals surface area (Å²) in [5.41, 5.74) is 3.60. The third-order valence-electron chi connectivity index (χ3n) is 2.08. The number of phenols is 1. The number of nitrogens with one attached hydrogen (secondary N) is 1. The maximum Gasteiger partial charge on any atom is 0.203 e. The third kappa shape index (κ3) is 2.99. The highest BCUT2D eigenvalue weighted by Gasteiger charge is 2.07. The summed E-state index contributed by atoms with van der Waals surface area (Å²) in [5, 5.41) is 16.3. The van der Waals surface area contributed by atoms with Gasteiger partial charge in [-0.25, -0.2) is 4.98 Å². The molecule has 94 valence electrons. The number of aromatic hydroxyl groups is 1. The first-order valence-corrected chi connectivity index (χ1v) is 6.63. The maximum absolute atomic E-state index is 9.66. The highest BCUT2D eigenvalue weighted by molar-refractivity contribution is 9.10. The molecule has 18 heavy (non-hydrogen) atoms. The van der Waals surface area contributed by atoms with Crippen molar-refractivity contribution < 1.29 is 9.84 Å². The van der Waals surface area contributed by atoms with E-state index >= 15 is 0 Å². The fourth-order valence-electron chi connectivity index (χ4n) is 1.26. The number of halogens is 1. The normalized spacial score (nSPS) is 10.8. The topological polar surface area (TPSA) is 66.7 Å². The van der Waals surface area contributed by atoms with Crippen molar-refractivity contribution in [3.05, 3.63) is 33.7 Å². The average Bonchev–Trinajstić information content (AvgIpc) is 2.86. The molecule has 2 aromatic rings. The molecule has 0 bridgehead atoms. The van der Waals surface area contributed by atoms with Gasteiger partial charge in [-0.15, -0.1) is 11.3 Å². The number of thiazole rings is 1. The van der Waals surface area contributed by atoms with E-state index in [0.29, 0.717) is 10.2 Å². The van der Waals surface area contributed by atoms with E-state index in [2.05, 4.69) is 31.4 Å². The number of ether oxygens (including phenoxy) is 1. The van der Waals surface area contributed by atoms with Gasteiger partial charge in [0, 0.05) is 11.6 Å². The zero-order chi connectivity index (χ0) is 13.0. The molecular weight excluding hydrogens is 318 g/mol. The van der Waals surface area contributed by atoms with Gasteiger partial charge in [-0.05, 0) is 33.6 Å². The SMILES string of the molecule is COc1cc(C=NNc2nccs2)cc(Br)c1O. The van der Waals surface area contributed by atoms with Crippen molar-refractivity contribution in [3.8, 4) is 11.5 Å². The van der Waals surface area contributed by atoms with Crippen molar-refractivity contribution in [1.82, 2.24) is 4.98 Å². The Morgan fingerprint density at radius 2 is 2.39 bits per heavy atom. The summed E-state index contributed by atoms with van der Waals surface area (Å²) in [5.74, 6) is 0.461. The molecule has 0 amide bonds. The van der Waals surface area contributed by atoms with Crippen LogP contribution in [0.15, 0.2) is 33.3 Å². The predicted molar refractivity (Wildman–Crippen MR) is 75.7 cm³/mol. The summed E-state index contributed by atoms with van der Waals surface area (Å²) in [6.07, 6.45) is 3.32. The van der Waals surface area contributed by atoms with E-state index in [1.807, 2.05) is 5.38 Å². The fourth-order valence-corrected chi connectivity index (χ4v) is 2.20.